The van der Waals surface area contributed by atoms with E-state index >= 15 is 0 Å². The van der Waals surface area contributed by atoms with Crippen molar-refractivity contribution < 1.29 is 19.6 Å². The molecule has 0 fully saturated rings. The number of carbonyl (C=O) groups excluding carboxylic acids is 1. The number of nitrogens with zero attached hydrogens (tertiary/aromatic N) is 1. The Balaban J connectivity index is 1.89. The Bertz CT molecular complexity index is 813. The van der Waals surface area contributed by atoms with Crippen LogP contribution in [0.15, 0.2) is 42.5 Å². The highest BCUT2D eigenvalue weighted by atomic mass is 35.5. The van der Waals surface area contributed by atoms with E-state index < -0.39 is 10.8 Å². The quantitative estimate of drug-likeness (QED) is 0.316. The molecule has 130 valence electrons. The number of nitro groups is 1. The first-order valence-electron chi connectivity index (χ1n) is 6.82. The van der Waals surface area contributed by atoms with Crippen molar-refractivity contribution >= 4 is 46.2 Å². The largest absolute Gasteiger partial charge is 0.506 e. The molecular formula is C15H12ClN3O5S. The second-order valence-corrected chi connectivity index (χ2v) is 5.55. The molecule has 25 heavy (non-hydrogen) atoms. The van der Waals surface area contributed by atoms with E-state index in [0.717, 1.165) is 18.2 Å². The molecule has 0 aromatic heterocycles. The first kappa shape index (κ1) is 18.4. The van der Waals surface area contributed by atoms with Crippen LogP contribution in [0, 0.1) is 10.1 Å². The summed E-state index contributed by atoms with van der Waals surface area (Å²) in [7, 11) is 0. The maximum atomic E-state index is 11.8. The number of anilines is 1. The van der Waals surface area contributed by atoms with Gasteiger partial charge in [0.25, 0.3) is 11.6 Å². The zero-order valence-corrected chi connectivity index (χ0v) is 14.1. The number of non-ortho nitro benzene ring substituents is 1. The van der Waals surface area contributed by atoms with Gasteiger partial charge >= 0.3 is 0 Å². The van der Waals surface area contributed by atoms with Gasteiger partial charge in [0.1, 0.15) is 11.5 Å². The molecule has 2 aromatic rings. The number of ether oxygens (including phenoxy) is 1. The van der Waals surface area contributed by atoms with Crippen molar-refractivity contribution in [3.8, 4) is 11.5 Å². The van der Waals surface area contributed by atoms with Crippen LogP contribution < -0.4 is 15.4 Å². The van der Waals surface area contributed by atoms with Gasteiger partial charge < -0.3 is 15.2 Å². The molecular weight excluding hydrogens is 370 g/mol. The average Bonchev–Trinajstić information content (AvgIpc) is 2.56. The Morgan fingerprint density at radius 3 is 2.60 bits per heavy atom. The molecule has 2 rings (SSSR count). The summed E-state index contributed by atoms with van der Waals surface area (Å²) in [6, 6.07) is 9.83. The SMILES string of the molecule is O=C(COc1ccc(Cl)cc1)NC(=S)Nc1cc([N+](=O)[O-])ccc1O. The maximum Gasteiger partial charge on any atom is 0.271 e. The molecule has 1 amide bonds. The molecule has 0 heterocycles. The van der Waals surface area contributed by atoms with E-state index in [4.69, 9.17) is 28.6 Å². The van der Waals surface area contributed by atoms with Crippen molar-refractivity contribution in [2.75, 3.05) is 11.9 Å². The van der Waals surface area contributed by atoms with Crippen LogP contribution in [-0.2, 0) is 4.79 Å². The van der Waals surface area contributed by atoms with Crippen molar-refractivity contribution in [3.63, 3.8) is 0 Å². The number of amides is 1. The minimum absolute atomic E-state index is 0.00174. The predicted molar refractivity (Wildman–Crippen MR) is 96.1 cm³/mol. The lowest BCUT2D eigenvalue weighted by Gasteiger charge is -2.11. The zero-order chi connectivity index (χ0) is 18.4. The molecule has 0 aliphatic carbocycles. The Labute approximate surface area is 152 Å². The summed E-state index contributed by atoms with van der Waals surface area (Å²) in [5.41, 5.74) is -0.237. The fourth-order valence-electron chi connectivity index (χ4n) is 1.73. The molecule has 0 spiro atoms. The first-order chi connectivity index (χ1) is 11.8. The third kappa shape index (κ3) is 5.59. The predicted octanol–water partition coefficient (Wildman–Crippen LogP) is 2.85. The monoisotopic (exact) mass is 381 g/mol. The number of nitrogens with one attached hydrogen (secondary N) is 2. The molecule has 8 nitrogen and oxygen atoms in total. The number of nitro benzene ring substituents is 1. The fraction of sp³-hybridized carbons (Fsp3) is 0.0667. The molecule has 0 atom stereocenters. The van der Waals surface area contributed by atoms with E-state index in [-0.39, 0.29) is 28.8 Å². The minimum Gasteiger partial charge on any atom is -0.506 e. The average molecular weight is 382 g/mol. The van der Waals surface area contributed by atoms with Gasteiger partial charge in [0.05, 0.1) is 10.6 Å². The summed E-state index contributed by atoms with van der Waals surface area (Å²) in [4.78, 5) is 21.9. The van der Waals surface area contributed by atoms with Crippen molar-refractivity contribution in [3.05, 3.63) is 57.6 Å². The number of halogens is 1. The summed E-state index contributed by atoms with van der Waals surface area (Å²) < 4.78 is 5.25. The Morgan fingerprint density at radius 2 is 1.96 bits per heavy atom. The summed E-state index contributed by atoms with van der Waals surface area (Å²) in [5.74, 6) is -0.341. The summed E-state index contributed by atoms with van der Waals surface area (Å²) >= 11 is 10.7. The van der Waals surface area contributed by atoms with Crippen LogP contribution in [0.4, 0.5) is 11.4 Å². The second-order valence-electron chi connectivity index (χ2n) is 4.70. The van der Waals surface area contributed by atoms with Gasteiger partial charge in [0.2, 0.25) is 0 Å². The zero-order valence-electron chi connectivity index (χ0n) is 12.6. The molecule has 0 aliphatic heterocycles. The van der Waals surface area contributed by atoms with E-state index in [2.05, 4.69) is 10.6 Å². The van der Waals surface area contributed by atoms with E-state index in [9.17, 15) is 20.0 Å². The van der Waals surface area contributed by atoms with Crippen molar-refractivity contribution in [1.29, 1.82) is 0 Å². The van der Waals surface area contributed by atoms with Crippen LogP contribution in [0.1, 0.15) is 0 Å². The molecule has 0 unspecified atom stereocenters. The van der Waals surface area contributed by atoms with Crippen molar-refractivity contribution in [2.45, 2.75) is 0 Å². The van der Waals surface area contributed by atoms with Gasteiger partial charge in [-0.05, 0) is 42.5 Å². The third-order valence-corrected chi connectivity index (χ3v) is 3.33. The lowest BCUT2D eigenvalue weighted by molar-refractivity contribution is -0.384. The molecule has 2 aromatic carbocycles. The van der Waals surface area contributed by atoms with Gasteiger partial charge in [-0.15, -0.1) is 0 Å². The first-order valence-corrected chi connectivity index (χ1v) is 7.60. The van der Waals surface area contributed by atoms with Crippen LogP contribution in [0.25, 0.3) is 0 Å². The van der Waals surface area contributed by atoms with E-state index in [1.54, 1.807) is 24.3 Å². The molecule has 10 heteroatoms. The number of carbonyl (C=O) groups is 1. The van der Waals surface area contributed by atoms with Gasteiger partial charge in [-0.1, -0.05) is 11.6 Å². The van der Waals surface area contributed by atoms with E-state index in [1.165, 1.54) is 0 Å². The number of phenolic OH excluding ortho intramolecular Hbond substituents is 1. The van der Waals surface area contributed by atoms with Gasteiger partial charge in [-0.2, -0.15) is 0 Å². The third-order valence-electron chi connectivity index (χ3n) is 2.88. The van der Waals surface area contributed by atoms with Crippen LogP contribution in [-0.4, -0.2) is 27.7 Å². The number of hydrogen-bond donors (Lipinski definition) is 3. The maximum absolute atomic E-state index is 11.8. The molecule has 0 radical (unpaired) electrons. The van der Waals surface area contributed by atoms with Crippen molar-refractivity contribution in [2.24, 2.45) is 0 Å². The highest BCUT2D eigenvalue weighted by Gasteiger charge is 2.12. The molecule has 0 saturated heterocycles. The van der Waals surface area contributed by atoms with E-state index in [0.29, 0.717) is 10.8 Å². The number of phenols is 1. The number of hydrogen-bond acceptors (Lipinski definition) is 6. The van der Waals surface area contributed by atoms with Gasteiger partial charge in [0, 0.05) is 17.2 Å². The molecule has 0 bridgehead atoms. The molecule has 3 N–H and O–H groups in total. The lowest BCUT2D eigenvalue weighted by atomic mass is 10.2. The molecule has 0 aliphatic rings. The summed E-state index contributed by atoms with van der Waals surface area (Å²) in [5, 5.41) is 25.7. The van der Waals surface area contributed by atoms with Gasteiger partial charge in [0.15, 0.2) is 11.7 Å². The van der Waals surface area contributed by atoms with Gasteiger partial charge in [-0.25, -0.2) is 0 Å². The second kappa shape index (κ2) is 8.27. The Kier molecular flexibility index (Phi) is 6.09. The number of rotatable bonds is 5. The van der Waals surface area contributed by atoms with Crippen LogP contribution in [0.5, 0.6) is 11.5 Å². The number of benzene rings is 2. The van der Waals surface area contributed by atoms with E-state index in [1.807, 2.05) is 0 Å². The molecule has 0 saturated carbocycles. The summed E-state index contributed by atoms with van der Waals surface area (Å²) in [6.07, 6.45) is 0. The topological polar surface area (TPSA) is 114 Å². The van der Waals surface area contributed by atoms with Crippen LogP contribution >= 0.6 is 23.8 Å². The Hall–Kier alpha value is -2.91. The van der Waals surface area contributed by atoms with Crippen LogP contribution in [0.3, 0.4) is 0 Å². The number of thiocarbonyl (C=S) groups is 1. The fourth-order valence-corrected chi connectivity index (χ4v) is 2.08. The van der Waals surface area contributed by atoms with Crippen molar-refractivity contribution in [1.82, 2.24) is 5.32 Å². The highest BCUT2D eigenvalue weighted by Crippen LogP contribution is 2.27. The lowest BCUT2D eigenvalue weighted by Crippen LogP contribution is -2.37. The smallest absolute Gasteiger partial charge is 0.271 e. The normalized spacial score (nSPS) is 9.96. The number of aromatic hydroxyl groups is 1. The standard InChI is InChI=1S/C15H12ClN3O5S/c16-9-1-4-11(5-2-9)24-8-14(21)18-15(25)17-12-7-10(19(22)23)3-6-13(12)20/h1-7,20H,8H2,(H2,17,18,21,25). The Morgan fingerprint density at radius 1 is 1.28 bits per heavy atom. The minimum atomic E-state index is -0.619. The van der Waals surface area contributed by atoms with Crippen LogP contribution in [0.2, 0.25) is 5.02 Å². The summed E-state index contributed by atoms with van der Waals surface area (Å²) in [6.45, 7) is -0.301. The van der Waals surface area contributed by atoms with Gasteiger partial charge in [-0.3, -0.25) is 20.2 Å². The highest BCUT2D eigenvalue weighted by molar-refractivity contribution is 7.80.